The van der Waals surface area contributed by atoms with Crippen molar-refractivity contribution < 1.29 is 13.2 Å². The molecule has 0 saturated carbocycles. The highest BCUT2D eigenvalue weighted by Crippen LogP contribution is 2.34. The fourth-order valence-corrected chi connectivity index (χ4v) is 3.20. The number of halogens is 4. The van der Waals surface area contributed by atoms with Gasteiger partial charge in [0.1, 0.15) is 0 Å². The van der Waals surface area contributed by atoms with Gasteiger partial charge < -0.3 is 5.32 Å². The standard InChI is InChI=1S/C19H21F3N2.ClH/c20-19(21,22)14-18(24-12-10-23-11-13-24)17-8-6-16(7-9-17)15-4-2-1-3-5-15;/h1-9,18,23H,10-14H2;1H/t18-;/m0./s1. The second-order valence-electron chi connectivity index (χ2n) is 6.11. The highest BCUT2D eigenvalue weighted by atomic mass is 35.5. The van der Waals surface area contributed by atoms with Gasteiger partial charge in [0.05, 0.1) is 6.42 Å². The molecule has 136 valence electrons. The number of hydrogen-bond donors (Lipinski definition) is 1. The van der Waals surface area contributed by atoms with E-state index in [1.54, 1.807) is 0 Å². The van der Waals surface area contributed by atoms with Crippen LogP contribution in [0.3, 0.4) is 0 Å². The third-order valence-electron chi connectivity index (χ3n) is 4.42. The van der Waals surface area contributed by atoms with E-state index in [0.717, 1.165) is 29.8 Å². The molecule has 0 unspecified atom stereocenters. The second kappa shape index (κ2) is 8.70. The predicted molar refractivity (Wildman–Crippen MR) is 97.0 cm³/mol. The molecule has 3 rings (SSSR count). The summed E-state index contributed by atoms with van der Waals surface area (Å²) in [4.78, 5) is 1.93. The minimum absolute atomic E-state index is 0. The molecule has 1 heterocycles. The first-order chi connectivity index (χ1) is 11.5. The summed E-state index contributed by atoms with van der Waals surface area (Å²) in [6.45, 7) is 2.75. The fraction of sp³-hybridized carbons (Fsp3) is 0.368. The Balaban J connectivity index is 0.00000225. The smallest absolute Gasteiger partial charge is 0.314 e. The highest BCUT2D eigenvalue weighted by Gasteiger charge is 2.35. The van der Waals surface area contributed by atoms with Crippen LogP contribution >= 0.6 is 12.4 Å². The number of nitrogens with one attached hydrogen (secondary N) is 1. The second-order valence-corrected chi connectivity index (χ2v) is 6.11. The van der Waals surface area contributed by atoms with Gasteiger partial charge in [0, 0.05) is 32.2 Å². The van der Waals surface area contributed by atoms with E-state index in [4.69, 9.17) is 0 Å². The number of hydrogen-bond acceptors (Lipinski definition) is 2. The van der Waals surface area contributed by atoms with Gasteiger partial charge in [-0.25, -0.2) is 0 Å². The Kier molecular flexibility index (Phi) is 6.87. The Hall–Kier alpha value is -1.56. The molecule has 1 aliphatic rings. The Morgan fingerprint density at radius 2 is 1.44 bits per heavy atom. The van der Waals surface area contributed by atoms with Gasteiger partial charge in [-0.1, -0.05) is 54.6 Å². The largest absolute Gasteiger partial charge is 0.390 e. The fourth-order valence-electron chi connectivity index (χ4n) is 3.20. The van der Waals surface area contributed by atoms with Crippen molar-refractivity contribution in [1.82, 2.24) is 10.2 Å². The number of alkyl halides is 3. The van der Waals surface area contributed by atoms with Gasteiger partial charge in [-0.3, -0.25) is 4.90 Å². The summed E-state index contributed by atoms with van der Waals surface area (Å²) in [5, 5.41) is 3.19. The summed E-state index contributed by atoms with van der Waals surface area (Å²) in [6.07, 6.45) is -4.98. The van der Waals surface area contributed by atoms with Crippen molar-refractivity contribution >= 4 is 12.4 Å². The van der Waals surface area contributed by atoms with E-state index in [9.17, 15) is 13.2 Å². The lowest BCUT2D eigenvalue weighted by Crippen LogP contribution is -2.46. The van der Waals surface area contributed by atoms with Gasteiger partial charge in [-0.15, -0.1) is 12.4 Å². The number of piperazine rings is 1. The van der Waals surface area contributed by atoms with E-state index in [2.05, 4.69) is 5.32 Å². The Labute approximate surface area is 152 Å². The van der Waals surface area contributed by atoms with Crippen LogP contribution in [0.25, 0.3) is 11.1 Å². The van der Waals surface area contributed by atoms with Crippen molar-refractivity contribution in [2.75, 3.05) is 26.2 Å². The van der Waals surface area contributed by atoms with Crippen LogP contribution in [0.15, 0.2) is 54.6 Å². The summed E-state index contributed by atoms with van der Waals surface area (Å²) < 4.78 is 39.1. The average molecular weight is 371 g/mol. The molecule has 1 N–H and O–H groups in total. The van der Waals surface area contributed by atoms with Gasteiger partial charge in [-0.05, 0) is 16.7 Å². The molecule has 0 bridgehead atoms. The first kappa shape index (κ1) is 19.8. The zero-order valence-electron chi connectivity index (χ0n) is 13.8. The monoisotopic (exact) mass is 370 g/mol. The molecular weight excluding hydrogens is 349 g/mol. The van der Waals surface area contributed by atoms with Gasteiger partial charge in [0.15, 0.2) is 0 Å². The predicted octanol–water partition coefficient (Wildman–Crippen LogP) is 4.67. The minimum atomic E-state index is -4.17. The van der Waals surface area contributed by atoms with Crippen molar-refractivity contribution in [1.29, 1.82) is 0 Å². The van der Waals surface area contributed by atoms with Crippen molar-refractivity contribution in [3.8, 4) is 11.1 Å². The van der Waals surface area contributed by atoms with Crippen molar-refractivity contribution in [3.05, 3.63) is 60.2 Å². The molecule has 0 aromatic heterocycles. The van der Waals surface area contributed by atoms with Gasteiger partial charge >= 0.3 is 6.18 Å². The molecule has 1 saturated heterocycles. The van der Waals surface area contributed by atoms with E-state index < -0.39 is 18.6 Å². The highest BCUT2D eigenvalue weighted by molar-refractivity contribution is 5.85. The average Bonchev–Trinajstić information content (AvgIpc) is 2.61. The molecule has 2 nitrogen and oxygen atoms in total. The molecule has 25 heavy (non-hydrogen) atoms. The van der Waals surface area contributed by atoms with Crippen molar-refractivity contribution in [3.63, 3.8) is 0 Å². The Bertz CT molecular complexity index is 638. The maximum Gasteiger partial charge on any atom is 0.390 e. The van der Waals surface area contributed by atoms with Gasteiger partial charge in [-0.2, -0.15) is 13.2 Å². The summed E-state index contributed by atoms with van der Waals surface area (Å²) in [7, 11) is 0. The van der Waals surface area contributed by atoms with E-state index in [1.807, 2.05) is 59.5 Å². The molecule has 1 atom stereocenters. The number of nitrogens with zero attached hydrogens (tertiary/aromatic N) is 1. The molecule has 6 heteroatoms. The first-order valence-corrected chi connectivity index (χ1v) is 8.20. The van der Waals surface area contributed by atoms with Crippen LogP contribution in [0.2, 0.25) is 0 Å². The van der Waals surface area contributed by atoms with E-state index >= 15 is 0 Å². The van der Waals surface area contributed by atoms with E-state index in [-0.39, 0.29) is 12.4 Å². The third kappa shape index (κ3) is 5.46. The molecule has 0 radical (unpaired) electrons. The maximum absolute atomic E-state index is 13.0. The molecule has 1 fully saturated rings. The summed E-state index contributed by atoms with van der Waals surface area (Å²) >= 11 is 0. The lowest BCUT2D eigenvalue weighted by molar-refractivity contribution is -0.148. The molecule has 0 spiro atoms. The minimum Gasteiger partial charge on any atom is -0.314 e. The van der Waals surface area contributed by atoms with Crippen LogP contribution in [0.4, 0.5) is 13.2 Å². The van der Waals surface area contributed by atoms with Crippen LogP contribution in [0.5, 0.6) is 0 Å². The topological polar surface area (TPSA) is 15.3 Å². The third-order valence-corrected chi connectivity index (χ3v) is 4.42. The zero-order valence-corrected chi connectivity index (χ0v) is 14.6. The number of benzene rings is 2. The summed E-state index contributed by atoms with van der Waals surface area (Å²) in [5.41, 5.74) is 2.82. The maximum atomic E-state index is 13.0. The SMILES string of the molecule is Cl.FC(F)(F)C[C@@H](c1ccc(-c2ccccc2)cc1)N1CCNCC1. The lowest BCUT2D eigenvalue weighted by atomic mass is 9.97. The van der Waals surface area contributed by atoms with Gasteiger partial charge in [0.25, 0.3) is 0 Å². The molecule has 0 aliphatic carbocycles. The summed E-state index contributed by atoms with van der Waals surface area (Å²) in [5.74, 6) is 0. The zero-order chi connectivity index (χ0) is 17.0. The lowest BCUT2D eigenvalue weighted by Gasteiger charge is -2.35. The molecule has 2 aromatic carbocycles. The van der Waals surface area contributed by atoms with Crippen LogP contribution in [-0.4, -0.2) is 37.3 Å². The van der Waals surface area contributed by atoms with E-state index in [1.165, 1.54) is 0 Å². The van der Waals surface area contributed by atoms with Crippen molar-refractivity contribution in [2.24, 2.45) is 0 Å². The van der Waals surface area contributed by atoms with Crippen LogP contribution in [0.1, 0.15) is 18.0 Å². The van der Waals surface area contributed by atoms with E-state index in [0.29, 0.717) is 13.1 Å². The molecular formula is C19H22ClF3N2. The van der Waals surface area contributed by atoms with Crippen LogP contribution in [-0.2, 0) is 0 Å². The quantitative estimate of drug-likeness (QED) is 0.841. The summed E-state index contributed by atoms with van der Waals surface area (Å²) in [6, 6.07) is 16.7. The van der Waals surface area contributed by atoms with Crippen LogP contribution in [0, 0.1) is 0 Å². The van der Waals surface area contributed by atoms with Crippen LogP contribution < -0.4 is 5.32 Å². The number of rotatable bonds is 4. The Morgan fingerprint density at radius 1 is 0.880 bits per heavy atom. The first-order valence-electron chi connectivity index (χ1n) is 8.20. The Morgan fingerprint density at radius 3 is 2.00 bits per heavy atom. The molecule has 1 aliphatic heterocycles. The normalized spacial score (nSPS) is 16.9. The molecule has 0 amide bonds. The van der Waals surface area contributed by atoms with Gasteiger partial charge in [0.2, 0.25) is 0 Å². The van der Waals surface area contributed by atoms with Crippen molar-refractivity contribution in [2.45, 2.75) is 18.6 Å². The molecule has 2 aromatic rings.